The average molecular weight is 398 g/mol. The summed E-state index contributed by atoms with van der Waals surface area (Å²) in [6, 6.07) is 13.0. The highest BCUT2D eigenvalue weighted by molar-refractivity contribution is 5.92. The monoisotopic (exact) mass is 397 g/mol. The quantitative estimate of drug-likeness (QED) is 0.833. The van der Waals surface area contributed by atoms with Crippen molar-refractivity contribution in [2.24, 2.45) is 5.92 Å². The molecule has 1 saturated heterocycles. The highest BCUT2D eigenvalue weighted by Crippen LogP contribution is 2.22. The predicted octanol–water partition coefficient (Wildman–Crippen LogP) is 3.79. The van der Waals surface area contributed by atoms with Gasteiger partial charge in [0.2, 0.25) is 0 Å². The molecular formula is C19H25Cl2N3O2. The number of para-hydroxylation sites is 1. The van der Waals surface area contributed by atoms with Crippen LogP contribution in [0.3, 0.4) is 0 Å². The third-order valence-corrected chi connectivity index (χ3v) is 4.23. The average Bonchev–Trinajstić information content (AvgIpc) is 2.63. The largest absolute Gasteiger partial charge is 0.457 e. The van der Waals surface area contributed by atoms with Gasteiger partial charge in [0.25, 0.3) is 5.91 Å². The molecule has 1 aromatic heterocycles. The molecule has 26 heavy (non-hydrogen) atoms. The van der Waals surface area contributed by atoms with Crippen molar-refractivity contribution in [1.29, 1.82) is 0 Å². The maximum atomic E-state index is 12.7. The van der Waals surface area contributed by atoms with E-state index in [0.29, 0.717) is 17.4 Å². The molecule has 142 valence electrons. The number of nitrogens with zero attached hydrogens (tertiary/aromatic N) is 2. The van der Waals surface area contributed by atoms with E-state index in [0.717, 1.165) is 38.2 Å². The van der Waals surface area contributed by atoms with Crippen molar-refractivity contribution in [3.63, 3.8) is 0 Å². The molecule has 2 aromatic rings. The maximum absolute atomic E-state index is 12.7. The summed E-state index contributed by atoms with van der Waals surface area (Å²) >= 11 is 0. The molecule has 2 heterocycles. The Kier molecular flexibility index (Phi) is 9.41. The van der Waals surface area contributed by atoms with E-state index in [1.807, 2.05) is 42.3 Å². The molecule has 1 amide bonds. The third kappa shape index (κ3) is 5.87. The van der Waals surface area contributed by atoms with Crippen LogP contribution in [-0.2, 0) is 0 Å². The zero-order valence-corrected chi connectivity index (χ0v) is 16.4. The van der Waals surface area contributed by atoms with Gasteiger partial charge in [-0.2, -0.15) is 0 Å². The predicted molar refractivity (Wildman–Crippen MR) is 108 cm³/mol. The van der Waals surface area contributed by atoms with Gasteiger partial charge in [0.15, 0.2) is 0 Å². The zero-order valence-electron chi connectivity index (χ0n) is 14.8. The second kappa shape index (κ2) is 11.0. The van der Waals surface area contributed by atoms with E-state index in [9.17, 15) is 4.79 Å². The molecule has 0 bridgehead atoms. The van der Waals surface area contributed by atoms with Crippen molar-refractivity contribution in [3.8, 4) is 11.5 Å². The number of rotatable bonds is 5. The summed E-state index contributed by atoms with van der Waals surface area (Å²) < 4.78 is 5.80. The summed E-state index contributed by atoms with van der Waals surface area (Å²) in [5.74, 6) is 1.86. The van der Waals surface area contributed by atoms with E-state index in [1.165, 1.54) is 0 Å². The van der Waals surface area contributed by atoms with Crippen LogP contribution in [0.1, 0.15) is 23.3 Å². The van der Waals surface area contributed by atoms with E-state index in [4.69, 9.17) is 4.74 Å². The Labute approximate surface area is 167 Å². The highest BCUT2D eigenvalue weighted by atomic mass is 35.5. The van der Waals surface area contributed by atoms with Crippen LogP contribution < -0.4 is 10.1 Å². The molecular weight excluding hydrogens is 373 g/mol. The molecule has 1 aliphatic heterocycles. The summed E-state index contributed by atoms with van der Waals surface area (Å²) in [6.45, 7) is 2.52. The molecule has 1 unspecified atom stereocenters. The summed E-state index contributed by atoms with van der Waals surface area (Å²) in [5, 5.41) is 3.20. The number of carbonyl (C=O) groups excluding carboxylic acids is 1. The van der Waals surface area contributed by atoms with Gasteiger partial charge in [-0.05, 0) is 50.6 Å². The van der Waals surface area contributed by atoms with E-state index in [2.05, 4.69) is 10.3 Å². The molecule has 1 fully saturated rings. The second-order valence-electron chi connectivity index (χ2n) is 6.11. The van der Waals surface area contributed by atoms with E-state index in [1.54, 1.807) is 18.3 Å². The normalized spacial score (nSPS) is 16.2. The SMILES string of the molecule is CNCC1CCCN(C(=O)c2cc(Oc3ccccc3)ccn2)C1.Cl.Cl. The van der Waals surface area contributed by atoms with Crippen LogP contribution >= 0.6 is 24.8 Å². The van der Waals surface area contributed by atoms with Crippen molar-refractivity contribution >= 4 is 30.7 Å². The Morgan fingerprint density at radius 1 is 1.23 bits per heavy atom. The number of hydrogen-bond acceptors (Lipinski definition) is 4. The Hall–Kier alpha value is -1.82. The number of piperidine rings is 1. The fourth-order valence-electron chi connectivity index (χ4n) is 3.08. The smallest absolute Gasteiger partial charge is 0.272 e. The van der Waals surface area contributed by atoms with Gasteiger partial charge in [0.05, 0.1) is 0 Å². The van der Waals surface area contributed by atoms with Crippen LogP contribution in [0.5, 0.6) is 11.5 Å². The van der Waals surface area contributed by atoms with Gasteiger partial charge in [-0.25, -0.2) is 0 Å². The molecule has 0 spiro atoms. The van der Waals surface area contributed by atoms with Crippen LogP contribution in [0.25, 0.3) is 0 Å². The molecule has 3 rings (SSSR count). The first kappa shape index (κ1) is 22.2. The lowest BCUT2D eigenvalue weighted by atomic mass is 9.98. The van der Waals surface area contributed by atoms with Crippen LogP contribution in [0.4, 0.5) is 0 Å². The Morgan fingerprint density at radius 2 is 2.00 bits per heavy atom. The second-order valence-corrected chi connectivity index (χ2v) is 6.11. The van der Waals surface area contributed by atoms with Crippen molar-refractivity contribution in [2.45, 2.75) is 12.8 Å². The highest BCUT2D eigenvalue weighted by Gasteiger charge is 2.25. The number of ether oxygens (including phenoxy) is 1. The lowest BCUT2D eigenvalue weighted by Crippen LogP contribution is -2.42. The number of pyridine rings is 1. The van der Waals surface area contributed by atoms with Crippen LogP contribution in [0.15, 0.2) is 48.7 Å². The molecule has 0 aliphatic carbocycles. The number of aromatic nitrogens is 1. The maximum Gasteiger partial charge on any atom is 0.272 e. The lowest BCUT2D eigenvalue weighted by molar-refractivity contribution is 0.0668. The molecule has 0 saturated carbocycles. The van der Waals surface area contributed by atoms with Crippen LogP contribution in [-0.4, -0.2) is 42.5 Å². The van der Waals surface area contributed by atoms with Gasteiger partial charge in [0, 0.05) is 25.4 Å². The van der Waals surface area contributed by atoms with Crippen LogP contribution in [0, 0.1) is 5.92 Å². The molecule has 7 heteroatoms. The Bertz CT molecular complexity index is 683. The Morgan fingerprint density at radius 3 is 2.73 bits per heavy atom. The minimum Gasteiger partial charge on any atom is -0.457 e. The molecule has 1 N–H and O–H groups in total. The van der Waals surface area contributed by atoms with E-state index < -0.39 is 0 Å². The minimum atomic E-state index is -0.0192. The molecule has 1 aromatic carbocycles. The van der Waals surface area contributed by atoms with Gasteiger partial charge in [-0.15, -0.1) is 24.8 Å². The Balaban J connectivity index is 0.00000169. The van der Waals surface area contributed by atoms with Gasteiger partial charge < -0.3 is 15.0 Å². The van der Waals surface area contributed by atoms with Crippen molar-refractivity contribution in [2.75, 3.05) is 26.7 Å². The fourth-order valence-corrected chi connectivity index (χ4v) is 3.08. The van der Waals surface area contributed by atoms with Crippen LogP contribution in [0.2, 0.25) is 0 Å². The summed E-state index contributed by atoms with van der Waals surface area (Å²) in [4.78, 5) is 18.9. The third-order valence-electron chi connectivity index (χ3n) is 4.23. The summed E-state index contributed by atoms with van der Waals surface area (Å²) in [7, 11) is 1.95. The van der Waals surface area contributed by atoms with Crippen molar-refractivity contribution in [1.82, 2.24) is 15.2 Å². The zero-order chi connectivity index (χ0) is 16.8. The molecule has 0 radical (unpaired) electrons. The first-order valence-corrected chi connectivity index (χ1v) is 8.39. The fraction of sp³-hybridized carbons (Fsp3) is 0.368. The lowest BCUT2D eigenvalue weighted by Gasteiger charge is -2.32. The van der Waals surface area contributed by atoms with Gasteiger partial charge in [-0.1, -0.05) is 18.2 Å². The number of benzene rings is 1. The number of likely N-dealkylation sites (tertiary alicyclic amines) is 1. The minimum absolute atomic E-state index is 0. The number of nitrogens with one attached hydrogen (secondary N) is 1. The number of hydrogen-bond donors (Lipinski definition) is 1. The van der Waals surface area contributed by atoms with Crippen molar-refractivity contribution < 1.29 is 9.53 Å². The molecule has 5 nitrogen and oxygen atoms in total. The number of halogens is 2. The summed E-state index contributed by atoms with van der Waals surface area (Å²) in [5.41, 5.74) is 0.438. The standard InChI is InChI=1S/C19H23N3O2.2ClH/c1-20-13-15-6-5-11-22(14-15)19(23)18-12-17(9-10-21-18)24-16-7-3-2-4-8-16;;/h2-4,7-10,12,15,20H,5-6,11,13-14H2,1H3;2*1H. The first-order chi connectivity index (χ1) is 11.8. The number of carbonyl (C=O) groups is 1. The van der Waals surface area contributed by atoms with Crippen molar-refractivity contribution in [3.05, 3.63) is 54.4 Å². The van der Waals surface area contributed by atoms with Gasteiger partial charge in [-0.3, -0.25) is 9.78 Å². The van der Waals surface area contributed by atoms with E-state index in [-0.39, 0.29) is 30.7 Å². The topological polar surface area (TPSA) is 54.5 Å². The first-order valence-electron chi connectivity index (χ1n) is 8.39. The van der Waals surface area contributed by atoms with Gasteiger partial charge >= 0.3 is 0 Å². The molecule has 1 atom stereocenters. The molecule has 1 aliphatic rings. The summed E-state index contributed by atoms with van der Waals surface area (Å²) in [6.07, 6.45) is 3.83. The number of amides is 1. The van der Waals surface area contributed by atoms with E-state index >= 15 is 0 Å². The van der Waals surface area contributed by atoms with Gasteiger partial charge in [0.1, 0.15) is 17.2 Å².